The van der Waals surface area contributed by atoms with Crippen LogP contribution in [-0.4, -0.2) is 15.0 Å². The van der Waals surface area contributed by atoms with Gasteiger partial charge in [-0.3, -0.25) is 18.7 Å². The zero-order chi connectivity index (χ0) is 14.4. The van der Waals surface area contributed by atoms with Crippen LogP contribution in [0.4, 0.5) is 5.82 Å². The van der Waals surface area contributed by atoms with E-state index in [0.717, 1.165) is 23.8 Å². The molecule has 2 fully saturated rings. The van der Waals surface area contributed by atoms with Gasteiger partial charge in [-0.05, 0) is 31.1 Å². The molecule has 2 aliphatic rings. The molecular weight excluding hydrogens is 258 g/mol. The smallest absolute Gasteiger partial charge is 0.312 e. The highest BCUT2D eigenvalue weighted by Crippen LogP contribution is 2.48. The zero-order valence-electron chi connectivity index (χ0n) is 11.8. The molecule has 2 aliphatic carbocycles. The van der Waals surface area contributed by atoms with Gasteiger partial charge in [0.1, 0.15) is 5.82 Å². The number of nitrogens with one attached hydrogen (secondary N) is 1. The zero-order valence-corrected chi connectivity index (χ0v) is 11.8. The molecule has 0 spiro atoms. The Balaban J connectivity index is 1.83. The van der Waals surface area contributed by atoms with Crippen molar-refractivity contribution in [1.29, 1.82) is 0 Å². The second-order valence-corrected chi connectivity index (χ2v) is 6.04. The first-order valence-electron chi connectivity index (χ1n) is 7.05. The Morgan fingerprint density at radius 3 is 2.55 bits per heavy atom. The number of amides is 1. The summed E-state index contributed by atoms with van der Waals surface area (Å²) in [6, 6.07) is 1.30. The third-order valence-electron chi connectivity index (χ3n) is 4.85. The average molecular weight is 277 g/mol. The lowest BCUT2D eigenvalue weighted by molar-refractivity contribution is -0.121. The van der Waals surface area contributed by atoms with Gasteiger partial charge in [0.2, 0.25) is 5.91 Å². The maximum atomic E-state index is 12.3. The van der Waals surface area contributed by atoms with Crippen LogP contribution < -0.4 is 16.6 Å². The van der Waals surface area contributed by atoms with E-state index in [-0.39, 0.29) is 17.6 Å². The SMILES string of the molecule is Cn1c(NC(=O)[C@@H]2C[C@H]3CC[C@@H]2C3)cc(=O)n(C)c1=O. The molecule has 2 bridgehead atoms. The molecule has 3 rings (SSSR count). The summed E-state index contributed by atoms with van der Waals surface area (Å²) in [5.74, 6) is 1.42. The number of nitrogens with zero attached hydrogens (tertiary/aromatic N) is 2. The Kier molecular flexibility index (Phi) is 3.03. The Hall–Kier alpha value is -1.85. The summed E-state index contributed by atoms with van der Waals surface area (Å²) >= 11 is 0. The van der Waals surface area contributed by atoms with Crippen molar-refractivity contribution in [2.75, 3.05) is 5.32 Å². The summed E-state index contributed by atoms with van der Waals surface area (Å²) in [5.41, 5.74) is -0.836. The van der Waals surface area contributed by atoms with E-state index in [1.54, 1.807) is 7.05 Å². The van der Waals surface area contributed by atoms with Crippen LogP contribution in [0.3, 0.4) is 0 Å². The molecule has 1 aromatic heterocycles. The Morgan fingerprint density at radius 2 is 1.95 bits per heavy atom. The first-order chi connectivity index (χ1) is 9.47. The molecule has 2 saturated carbocycles. The number of carbonyl (C=O) groups excluding carboxylic acids is 1. The minimum absolute atomic E-state index is 0.0351. The van der Waals surface area contributed by atoms with Crippen molar-refractivity contribution in [3.63, 3.8) is 0 Å². The van der Waals surface area contributed by atoms with Crippen LogP contribution in [0.15, 0.2) is 15.7 Å². The van der Waals surface area contributed by atoms with Crippen molar-refractivity contribution in [3.05, 3.63) is 26.9 Å². The summed E-state index contributed by atoms with van der Waals surface area (Å²) in [5, 5.41) is 2.76. The van der Waals surface area contributed by atoms with E-state index in [1.165, 1.54) is 24.1 Å². The maximum Gasteiger partial charge on any atom is 0.332 e. The fourth-order valence-electron chi connectivity index (χ4n) is 3.64. The molecule has 108 valence electrons. The second kappa shape index (κ2) is 4.61. The second-order valence-electron chi connectivity index (χ2n) is 6.04. The van der Waals surface area contributed by atoms with Crippen molar-refractivity contribution in [1.82, 2.24) is 9.13 Å². The highest BCUT2D eigenvalue weighted by atomic mass is 16.2. The number of anilines is 1. The van der Waals surface area contributed by atoms with Crippen LogP contribution in [0.1, 0.15) is 25.7 Å². The van der Waals surface area contributed by atoms with Gasteiger partial charge in [0.25, 0.3) is 5.56 Å². The van der Waals surface area contributed by atoms with Gasteiger partial charge in [-0.1, -0.05) is 6.42 Å². The summed E-state index contributed by atoms with van der Waals surface area (Å²) < 4.78 is 2.32. The minimum Gasteiger partial charge on any atom is -0.312 e. The largest absolute Gasteiger partial charge is 0.332 e. The first kappa shape index (κ1) is 13.1. The molecular formula is C14H19N3O3. The molecule has 0 unspecified atom stereocenters. The van der Waals surface area contributed by atoms with Crippen molar-refractivity contribution in [2.45, 2.75) is 25.7 Å². The van der Waals surface area contributed by atoms with Gasteiger partial charge in [-0.2, -0.15) is 0 Å². The maximum absolute atomic E-state index is 12.3. The van der Waals surface area contributed by atoms with Gasteiger partial charge in [0.05, 0.1) is 0 Å². The first-order valence-corrected chi connectivity index (χ1v) is 7.05. The summed E-state index contributed by atoms with van der Waals surface area (Å²) in [6.45, 7) is 0. The van der Waals surface area contributed by atoms with Gasteiger partial charge in [0.15, 0.2) is 0 Å². The molecule has 1 heterocycles. The van der Waals surface area contributed by atoms with Gasteiger partial charge in [-0.25, -0.2) is 4.79 Å². The van der Waals surface area contributed by atoms with Gasteiger partial charge in [-0.15, -0.1) is 0 Å². The number of aromatic nitrogens is 2. The predicted octanol–water partition coefficient (Wildman–Crippen LogP) is 0.459. The molecule has 6 nitrogen and oxygen atoms in total. The van der Waals surface area contributed by atoms with Crippen molar-refractivity contribution in [3.8, 4) is 0 Å². The van der Waals surface area contributed by atoms with E-state index >= 15 is 0 Å². The molecule has 0 saturated heterocycles. The molecule has 20 heavy (non-hydrogen) atoms. The molecule has 0 radical (unpaired) electrons. The molecule has 1 amide bonds. The highest BCUT2D eigenvalue weighted by Gasteiger charge is 2.43. The Labute approximate surface area is 116 Å². The monoisotopic (exact) mass is 277 g/mol. The fourth-order valence-corrected chi connectivity index (χ4v) is 3.64. The topological polar surface area (TPSA) is 73.1 Å². The standard InChI is InChI=1S/C14H19N3O3/c1-16-11(7-12(18)17(2)14(16)20)15-13(19)10-6-8-3-4-9(10)5-8/h7-10H,3-6H2,1-2H3,(H,15,19)/t8-,9+,10+/m0/s1. The summed E-state index contributed by atoms with van der Waals surface area (Å²) in [4.78, 5) is 35.8. The van der Waals surface area contributed by atoms with Crippen LogP contribution >= 0.6 is 0 Å². The molecule has 0 aromatic carbocycles. The van der Waals surface area contributed by atoms with Gasteiger partial charge in [0, 0.05) is 26.1 Å². The summed E-state index contributed by atoms with van der Waals surface area (Å²) in [6.07, 6.45) is 4.44. The van der Waals surface area contributed by atoms with E-state index < -0.39 is 11.2 Å². The lowest BCUT2D eigenvalue weighted by Crippen LogP contribution is -2.39. The van der Waals surface area contributed by atoms with Gasteiger partial charge >= 0.3 is 5.69 Å². The average Bonchev–Trinajstić information content (AvgIpc) is 3.05. The summed E-state index contributed by atoms with van der Waals surface area (Å²) in [7, 11) is 2.98. The number of carbonyl (C=O) groups is 1. The van der Waals surface area contributed by atoms with Crippen molar-refractivity contribution >= 4 is 11.7 Å². The van der Waals surface area contributed by atoms with Gasteiger partial charge < -0.3 is 5.32 Å². The van der Waals surface area contributed by atoms with E-state index in [0.29, 0.717) is 11.8 Å². The molecule has 1 N–H and O–H groups in total. The quantitative estimate of drug-likeness (QED) is 0.853. The number of fused-ring (bicyclic) bond motifs is 2. The number of hydrogen-bond acceptors (Lipinski definition) is 3. The molecule has 3 atom stereocenters. The lowest BCUT2D eigenvalue weighted by atomic mass is 9.88. The molecule has 6 heteroatoms. The third-order valence-corrected chi connectivity index (χ3v) is 4.85. The minimum atomic E-state index is -0.430. The van der Waals surface area contributed by atoms with Crippen LogP contribution in [0, 0.1) is 17.8 Å². The van der Waals surface area contributed by atoms with Crippen LogP contribution in [-0.2, 0) is 18.9 Å². The van der Waals surface area contributed by atoms with Crippen molar-refractivity contribution < 1.29 is 4.79 Å². The molecule has 1 aromatic rings. The number of hydrogen-bond donors (Lipinski definition) is 1. The van der Waals surface area contributed by atoms with Crippen molar-refractivity contribution in [2.24, 2.45) is 31.8 Å². The van der Waals surface area contributed by atoms with E-state index in [2.05, 4.69) is 5.32 Å². The van der Waals surface area contributed by atoms with Crippen LogP contribution in [0.2, 0.25) is 0 Å². The lowest BCUT2D eigenvalue weighted by Gasteiger charge is -2.21. The van der Waals surface area contributed by atoms with E-state index in [1.807, 2.05) is 0 Å². The van der Waals surface area contributed by atoms with Crippen LogP contribution in [0.25, 0.3) is 0 Å². The highest BCUT2D eigenvalue weighted by molar-refractivity contribution is 5.92. The Morgan fingerprint density at radius 1 is 1.20 bits per heavy atom. The molecule has 0 aliphatic heterocycles. The fraction of sp³-hybridized carbons (Fsp3) is 0.643. The number of rotatable bonds is 2. The third kappa shape index (κ3) is 1.99. The van der Waals surface area contributed by atoms with E-state index in [4.69, 9.17) is 0 Å². The van der Waals surface area contributed by atoms with Crippen LogP contribution in [0.5, 0.6) is 0 Å². The Bertz CT molecular complexity index is 673. The normalized spacial score (nSPS) is 27.8. The van der Waals surface area contributed by atoms with E-state index in [9.17, 15) is 14.4 Å². The predicted molar refractivity (Wildman–Crippen MR) is 74.5 cm³/mol.